The quantitative estimate of drug-likeness (QED) is 0.569. The third-order valence-electron chi connectivity index (χ3n) is 6.25. The molecular formula is C22H23N7O2S. The van der Waals surface area contributed by atoms with Gasteiger partial charge in [-0.2, -0.15) is 11.3 Å². The maximum absolute atomic E-state index is 12.9. The Balaban J connectivity index is 1.17. The van der Waals surface area contributed by atoms with Gasteiger partial charge in [0.1, 0.15) is 6.33 Å². The lowest BCUT2D eigenvalue weighted by molar-refractivity contribution is -0.139. The normalized spacial score (nSPS) is 21.2. The Hall–Kier alpha value is -3.13. The van der Waals surface area contributed by atoms with Crippen molar-refractivity contribution in [3.05, 3.63) is 64.1 Å². The first kappa shape index (κ1) is 20.8. The fourth-order valence-electron chi connectivity index (χ4n) is 4.38. The second-order valence-corrected chi connectivity index (χ2v) is 9.00. The van der Waals surface area contributed by atoms with Crippen molar-refractivity contribution in [3.8, 4) is 5.69 Å². The number of nitrogens with zero attached hydrogens (tertiary/aromatic N) is 7. The number of thiophene rings is 1. The first-order valence-electron chi connectivity index (χ1n) is 10.5. The van der Waals surface area contributed by atoms with E-state index in [-0.39, 0.29) is 18.1 Å². The van der Waals surface area contributed by atoms with Crippen molar-refractivity contribution in [2.75, 3.05) is 32.8 Å². The van der Waals surface area contributed by atoms with Crippen LogP contribution in [0.3, 0.4) is 0 Å². The molecule has 0 spiro atoms. The minimum absolute atomic E-state index is 0.000970. The summed E-state index contributed by atoms with van der Waals surface area (Å²) in [5.74, 6) is 0.136. The van der Waals surface area contributed by atoms with Crippen molar-refractivity contribution >= 4 is 22.2 Å². The zero-order valence-corrected chi connectivity index (χ0v) is 18.5. The molecule has 3 aromatic rings. The average Bonchev–Trinajstić information content (AvgIpc) is 3.49. The van der Waals surface area contributed by atoms with Gasteiger partial charge in [-0.1, -0.05) is 12.1 Å². The molecule has 2 aliphatic rings. The Morgan fingerprint density at radius 3 is 2.84 bits per heavy atom. The van der Waals surface area contributed by atoms with E-state index in [2.05, 4.69) is 30.7 Å². The number of hydrogen-bond acceptors (Lipinski definition) is 7. The standard InChI is InChI=1S/C22H23N7O2S/c1-15-19(13-32-22(15)23-2)20-11-27-7-8-28(10-18(27)12-31-20)21(30)9-16-3-5-17(6-4-16)29-14-24-25-26-29/h3-6,13-14,18,20H,7-12H2,1H3/t18-,20+/m0/s1. The van der Waals surface area contributed by atoms with Crippen LogP contribution >= 0.6 is 11.3 Å². The number of tetrazole rings is 1. The van der Waals surface area contributed by atoms with E-state index in [0.29, 0.717) is 19.6 Å². The van der Waals surface area contributed by atoms with Crippen LogP contribution in [0, 0.1) is 13.5 Å². The molecule has 0 unspecified atom stereocenters. The van der Waals surface area contributed by atoms with Crippen LogP contribution in [0.2, 0.25) is 0 Å². The predicted octanol–water partition coefficient (Wildman–Crippen LogP) is 2.41. The van der Waals surface area contributed by atoms with Crippen molar-refractivity contribution in [3.63, 3.8) is 0 Å². The first-order chi connectivity index (χ1) is 15.6. The van der Waals surface area contributed by atoms with Gasteiger partial charge < -0.3 is 9.64 Å². The van der Waals surface area contributed by atoms with Gasteiger partial charge in [-0.25, -0.2) is 9.53 Å². The van der Waals surface area contributed by atoms with Crippen molar-refractivity contribution in [1.82, 2.24) is 30.0 Å². The lowest BCUT2D eigenvalue weighted by Gasteiger charge is -2.46. The number of carbonyl (C=O) groups excluding carboxylic acids is 1. The largest absolute Gasteiger partial charge is 0.371 e. The zero-order chi connectivity index (χ0) is 22.1. The number of carbonyl (C=O) groups is 1. The van der Waals surface area contributed by atoms with Crippen LogP contribution in [0.1, 0.15) is 22.8 Å². The molecule has 9 nitrogen and oxygen atoms in total. The fraction of sp³-hybridized carbons (Fsp3) is 0.409. The SMILES string of the molecule is [C-]#[N+]c1scc([C@H]2CN3CCN(C(=O)Cc4ccc(-n5cnnn5)cc4)C[C@H]3CO2)c1C. The molecule has 2 atom stereocenters. The number of morpholine rings is 1. The van der Waals surface area contributed by atoms with Gasteiger partial charge >= 0.3 is 0 Å². The fourth-order valence-corrected chi connectivity index (χ4v) is 5.29. The van der Waals surface area contributed by atoms with Crippen LogP contribution in [0.4, 0.5) is 5.00 Å². The minimum atomic E-state index is -0.000970. The van der Waals surface area contributed by atoms with E-state index in [1.165, 1.54) is 11.3 Å². The van der Waals surface area contributed by atoms with Gasteiger partial charge in [0.05, 0.1) is 37.4 Å². The summed E-state index contributed by atoms with van der Waals surface area (Å²) in [7, 11) is 0. The van der Waals surface area contributed by atoms with Gasteiger partial charge in [0.25, 0.3) is 0 Å². The molecule has 32 heavy (non-hydrogen) atoms. The molecule has 1 aromatic carbocycles. The Morgan fingerprint density at radius 2 is 2.12 bits per heavy atom. The molecule has 164 valence electrons. The second kappa shape index (κ2) is 8.78. The summed E-state index contributed by atoms with van der Waals surface area (Å²) in [6, 6.07) is 7.93. The van der Waals surface area contributed by atoms with Crippen LogP contribution in [-0.4, -0.2) is 74.7 Å². The summed E-state index contributed by atoms with van der Waals surface area (Å²) >= 11 is 1.49. The van der Waals surface area contributed by atoms with E-state index >= 15 is 0 Å². The van der Waals surface area contributed by atoms with Gasteiger partial charge in [0, 0.05) is 26.2 Å². The molecule has 2 fully saturated rings. The average molecular weight is 450 g/mol. The molecule has 2 aliphatic heterocycles. The number of piperazine rings is 1. The van der Waals surface area contributed by atoms with E-state index in [0.717, 1.165) is 47.0 Å². The van der Waals surface area contributed by atoms with Gasteiger partial charge in [0.2, 0.25) is 10.9 Å². The van der Waals surface area contributed by atoms with Crippen LogP contribution in [0.15, 0.2) is 36.0 Å². The van der Waals surface area contributed by atoms with Crippen molar-refractivity contribution in [1.29, 1.82) is 0 Å². The molecule has 10 heteroatoms. The number of aromatic nitrogens is 4. The third kappa shape index (κ3) is 4.02. The highest BCUT2D eigenvalue weighted by atomic mass is 32.1. The monoisotopic (exact) mass is 449 g/mol. The Kier molecular flexibility index (Phi) is 5.70. The van der Waals surface area contributed by atoms with Gasteiger partial charge in [-0.05, 0) is 51.6 Å². The summed E-state index contributed by atoms with van der Waals surface area (Å²) in [6.07, 6.45) is 1.92. The number of ether oxygens (including phenoxy) is 1. The molecule has 2 aromatic heterocycles. The van der Waals surface area contributed by atoms with Crippen LogP contribution in [-0.2, 0) is 16.0 Å². The maximum Gasteiger partial charge on any atom is 0.244 e. The van der Waals surface area contributed by atoms with E-state index < -0.39 is 0 Å². The summed E-state index contributed by atoms with van der Waals surface area (Å²) in [5, 5.41) is 14.0. The van der Waals surface area contributed by atoms with Crippen molar-refractivity contribution in [2.24, 2.45) is 0 Å². The number of hydrogen-bond donors (Lipinski definition) is 0. The van der Waals surface area contributed by atoms with E-state index in [9.17, 15) is 4.79 Å². The Bertz CT molecular complexity index is 1140. The summed E-state index contributed by atoms with van der Waals surface area (Å²) < 4.78 is 7.76. The highest BCUT2D eigenvalue weighted by molar-refractivity contribution is 7.14. The molecule has 0 N–H and O–H groups in total. The van der Waals surface area contributed by atoms with Gasteiger partial charge in [-0.3, -0.25) is 9.69 Å². The lowest BCUT2D eigenvalue weighted by atomic mass is 10.0. The molecule has 5 rings (SSSR count). The highest BCUT2D eigenvalue weighted by Gasteiger charge is 2.36. The molecular weight excluding hydrogens is 426 g/mol. The summed E-state index contributed by atoms with van der Waals surface area (Å²) in [4.78, 5) is 20.9. The second-order valence-electron chi connectivity index (χ2n) is 8.14. The van der Waals surface area contributed by atoms with E-state index in [4.69, 9.17) is 11.3 Å². The van der Waals surface area contributed by atoms with Crippen LogP contribution in [0.5, 0.6) is 0 Å². The number of fused-ring (bicyclic) bond motifs is 1. The zero-order valence-electron chi connectivity index (χ0n) is 17.7. The molecule has 0 aliphatic carbocycles. The summed E-state index contributed by atoms with van der Waals surface area (Å²) in [5.41, 5.74) is 3.99. The topological polar surface area (TPSA) is 80.7 Å². The molecule has 0 saturated carbocycles. The van der Waals surface area contributed by atoms with E-state index in [1.807, 2.05) is 36.1 Å². The minimum Gasteiger partial charge on any atom is -0.371 e. The smallest absolute Gasteiger partial charge is 0.244 e. The lowest BCUT2D eigenvalue weighted by Crippen LogP contribution is -2.59. The summed E-state index contributed by atoms with van der Waals surface area (Å²) in [6.45, 7) is 12.9. The van der Waals surface area contributed by atoms with Crippen molar-refractivity contribution < 1.29 is 9.53 Å². The Morgan fingerprint density at radius 1 is 1.28 bits per heavy atom. The molecule has 0 radical (unpaired) electrons. The number of amides is 1. The van der Waals surface area contributed by atoms with Gasteiger partial charge in [-0.15, -0.1) is 5.10 Å². The first-order valence-corrected chi connectivity index (χ1v) is 11.4. The number of rotatable bonds is 4. The maximum atomic E-state index is 12.9. The van der Waals surface area contributed by atoms with Crippen molar-refractivity contribution in [2.45, 2.75) is 25.5 Å². The highest BCUT2D eigenvalue weighted by Crippen LogP contribution is 2.37. The van der Waals surface area contributed by atoms with E-state index in [1.54, 1.807) is 11.0 Å². The number of benzene rings is 1. The van der Waals surface area contributed by atoms with Crippen LogP contribution in [0.25, 0.3) is 10.5 Å². The Labute approximate surface area is 190 Å². The molecule has 0 bridgehead atoms. The predicted molar refractivity (Wildman–Crippen MR) is 119 cm³/mol. The van der Waals surface area contributed by atoms with Crippen LogP contribution < -0.4 is 0 Å². The third-order valence-corrected chi connectivity index (χ3v) is 7.25. The molecule has 4 heterocycles. The molecule has 2 saturated heterocycles. The van der Waals surface area contributed by atoms with Gasteiger partial charge in [0.15, 0.2) is 0 Å². The molecule has 1 amide bonds.